The van der Waals surface area contributed by atoms with E-state index in [1.54, 1.807) is 6.92 Å². The lowest BCUT2D eigenvalue weighted by atomic mass is 10.3. The van der Waals surface area contributed by atoms with Crippen molar-refractivity contribution in [2.24, 2.45) is 0 Å². The lowest BCUT2D eigenvalue weighted by Crippen LogP contribution is -2.07. The van der Waals surface area contributed by atoms with Crippen LogP contribution in [0.4, 0.5) is 0 Å². The molecule has 0 fully saturated rings. The second kappa shape index (κ2) is 16.7. The zero-order chi connectivity index (χ0) is 14.2. The first-order chi connectivity index (χ1) is 8.58. The number of ether oxygens (including phenoxy) is 1. The number of ketones is 1. The monoisotopic (exact) mass is 271 g/mol. The molecule has 3 nitrogen and oxygen atoms in total. The van der Waals surface area contributed by atoms with Crippen LogP contribution in [0.3, 0.4) is 0 Å². The van der Waals surface area contributed by atoms with Gasteiger partial charge in [-0.05, 0) is 13.8 Å². The van der Waals surface area contributed by atoms with Crippen LogP contribution >= 0.6 is 0 Å². The number of carbonyl (C=O) groups excluding carboxylic acids is 2. The van der Waals surface area contributed by atoms with Gasteiger partial charge >= 0.3 is 5.97 Å². The van der Waals surface area contributed by atoms with E-state index in [2.05, 4.69) is 18.6 Å². The second-order valence-corrected chi connectivity index (χ2v) is 5.99. The molecule has 0 aromatic heterocycles. The SMILES string of the molecule is CCC[CH2][Al][CH2]CCC.CCOC(=O)CC(C)=O. The first-order valence-electron chi connectivity index (χ1n) is 7.05. The lowest BCUT2D eigenvalue weighted by Gasteiger charge is -1.96. The predicted molar refractivity (Wildman–Crippen MR) is 77.1 cm³/mol. The molecule has 0 atom stereocenters. The Labute approximate surface area is 118 Å². The Kier molecular flexibility index (Phi) is 18.5. The third kappa shape index (κ3) is 21.0. The standard InChI is InChI=1S/C6H10O3.2C4H9.Al/c1-3-9-6(8)4-5(2)7;2*1-3-4-2;/h3-4H2,1-2H3;2*1,3-4H2,2H3;. The van der Waals surface area contributed by atoms with Crippen LogP contribution < -0.4 is 0 Å². The first kappa shape index (κ1) is 20.0. The van der Waals surface area contributed by atoms with E-state index in [9.17, 15) is 9.59 Å². The van der Waals surface area contributed by atoms with Crippen molar-refractivity contribution in [2.45, 2.75) is 70.4 Å². The van der Waals surface area contributed by atoms with Crippen molar-refractivity contribution in [3.8, 4) is 0 Å². The normalized spacial score (nSPS) is 9.11. The van der Waals surface area contributed by atoms with Gasteiger partial charge in [-0.1, -0.05) is 39.5 Å². The molecule has 0 rings (SSSR count). The Hall–Kier alpha value is -0.328. The number of unbranched alkanes of at least 4 members (excludes halogenated alkanes) is 2. The summed E-state index contributed by atoms with van der Waals surface area (Å²) in [5.41, 5.74) is 0. The summed E-state index contributed by atoms with van der Waals surface area (Å²) in [6.45, 7) is 7.96. The summed E-state index contributed by atoms with van der Waals surface area (Å²) in [5.74, 6) is -0.599. The minimum atomic E-state index is -0.440. The summed E-state index contributed by atoms with van der Waals surface area (Å²) in [5, 5.41) is 3.08. The fourth-order valence-electron chi connectivity index (χ4n) is 1.26. The highest BCUT2D eigenvalue weighted by Crippen LogP contribution is 1.99. The van der Waals surface area contributed by atoms with E-state index in [1.807, 2.05) is 0 Å². The fraction of sp³-hybridized carbons (Fsp3) is 0.857. The highest BCUT2D eigenvalue weighted by molar-refractivity contribution is 6.35. The number of rotatable bonds is 9. The van der Waals surface area contributed by atoms with Crippen LogP contribution in [-0.2, 0) is 14.3 Å². The fourth-order valence-corrected chi connectivity index (χ4v) is 2.94. The van der Waals surface area contributed by atoms with E-state index in [4.69, 9.17) is 0 Å². The summed E-state index contributed by atoms with van der Waals surface area (Å²) < 4.78 is 4.49. The average molecular weight is 271 g/mol. The van der Waals surface area contributed by atoms with Crippen molar-refractivity contribution in [1.29, 1.82) is 0 Å². The van der Waals surface area contributed by atoms with Gasteiger partial charge in [0.05, 0.1) is 6.61 Å². The number of esters is 1. The zero-order valence-corrected chi connectivity index (χ0v) is 13.6. The van der Waals surface area contributed by atoms with E-state index in [0.29, 0.717) is 6.61 Å². The maximum Gasteiger partial charge on any atom is 0.313 e. The van der Waals surface area contributed by atoms with Crippen LogP contribution in [0.15, 0.2) is 0 Å². The third-order valence-electron chi connectivity index (χ3n) is 2.22. The molecule has 0 bridgehead atoms. The van der Waals surface area contributed by atoms with Crippen LogP contribution in [0.2, 0.25) is 10.6 Å². The molecule has 1 radical (unpaired) electrons. The van der Waals surface area contributed by atoms with Crippen molar-refractivity contribution in [3.05, 3.63) is 0 Å². The van der Waals surface area contributed by atoms with Gasteiger partial charge in [0, 0.05) is 0 Å². The van der Waals surface area contributed by atoms with Gasteiger partial charge in [0.25, 0.3) is 0 Å². The Morgan fingerprint density at radius 3 is 1.83 bits per heavy atom. The van der Waals surface area contributed by atoms with Gasteiger partial charge in [0.1, 0.15) is 12.2 Å². The number of carbonyl (C=O) groups is 2. The maximum absolute atomic E-state index is 10.4. The Morgan fingerprint density at radius 1 is 1.00 bits per heavy atom. The molecule has 0 aliphatic carbocycles. The van der Waals surface area contributed by atoms with Crippen molar-refractivity contribution >= 4 is 27.0 Å². The molecule has 0 saturated carbocycles. The highest BCUT2D eigenvalue weighted by atomic mass is 27.1. The molecule has 105 valence electrons. The molecule has 0 N–H and O–H groups in total. The molecule has 0 unspecified atom stereocenters. The Morgan fingerprint density at radius 2 is 1.50 bits per heavy atom. The third-order valence-corrected chi connectivity index (χ3v) is 3.86. The highest BCUT2D eigenvalue weighted by Gasteiger charge is 2.03. The number of Topliss-reactive ketones (excluding diaryl/α,β-unsaturated/α-hetero) is 1. The maximum atomic E-state index is 10.4. The van der Waals surface area contributed by atoms with Crippen LogP contribution in [0.25, 0.3) is 0 Å². The second-order valence-electron chi connectivity index (χ2n) is 4.26. The molecule has 0 amide bonds. The molecule has 0 aromatic carbocycles. The van der Waals surface area contributed by atoms with Gasteiger partial charge in [0.15, 0.2) is 15.2 Å². The summed E-state index contributed by atoms with van der Waals surface area (Å²) in [6, 6.07) is 0. The van der Waals surface area contributed by atoms with Crippen molar-refractivity contribution in [1.82, 2.24) is 0 Å². The molecular formula is C14H28AlO3. The lowest BCUT2D eigenvalue weighted by molar-refractivity contribution is -0.145. The van der Waals surface area contributed by atoms with Crippen molar-refractivity contribution in [2.75, 3.05) is 6.61 Å². The van der Waals surface area contributed by atoms with Gasteiger partial charge in [-0.25, -0.2) is 0 Å². The van der Waals surface area contributed by atoms with Gasteiger partial charge < -0.3 is 4.74 Å². The molecule has 4 heteroatoms. The predicted octanol–water partition coefficient (Wildman–Crippen LogP) is 3.66. The van der Waals surface area contributed by atoms with Crippen LogP contribution in [-0.4, -0.2) is 33.6 Å². The van der Waals surface area contributed by atoms with E-state index >= 15 is 0 Å². The van der Waals surface area contributed by atoms with E-state index in [1.165, 1.54) is 43.2 Å². The first-order valence-corrected chi connectivity index (χ1v) is 8.68. The molecule has 0 spiro atoms. The van der Waals surface area contributed by atoms with Crippen LogP contribution in [0.5, 0.6) is 0 Å². The molecule has 0 aromatic rings. The van der Waals surface area contributed by atoms with Gasteiger partial charge in [0.2, 0.25) is 0 Å². The summed E-state index contributed by atoms with van der Waals surface area (Å²) in [6.07, 6.45) is 5.62. The van der Waals surface area contributed by atoms with E-state index < -0.39 is 5.97 Å². The molecule has 0 aliphatic rings. The Bertz CT molecular complexity index is 199. The summed E-state index contributed by atoms with van der Waals surface area (Å²) in [4.78, 5) is 20.6. The van der Waals surface area contributed by atoms with Crippen molar-refractivity contribution in [3.63, 3.8) is 0 Å². The topological polar surface area (TPSA) is 43.4 Å². The molecular weight excluding hydrogens is 243 g/mol. The minimum Gasteiger partial charge on any atom is -0.466 e. The van der Waals surface area contributed by atoms with Gasteiger partial charge in [-0.3, -0.25) is 9.59 Å². The Balaban J connectivity index is 0. The molecule has 0 aliphatic heterocycles. The van der Waals surface area contributed by atoms with Crippen LogP contribution in [0, 0.1) is 0 Å². The quantitative estimate of drug-likeness (QED) is 0.278. The minimum absolute atomic E-state index is 0.103. The molecule has 0 heterocycles. The van der Waals surface area contributed by atoms with Crippen LogP contribution in [0.1, 0.15) is 59.8 Å². The zero-order valence-electron chi connectivity index (χ0n) is 12.5. The van der Waals surface area contributed by atoms with Gasteiger partial charge in [-0.15, -0.1) is 10.6 Å². The average Bonchev–Trinajstić information content (AvgIpc) is 2.29. The van der Waals surface area contributed by atoms with E-state index in [0.717, 1.165) is 15.2 Å². The van der Waals surface area contributed by atoms with Gasteiger partial charge in [-0.2, -0.15) is 0 Å². The smallest absolute Gasteiger partial charge is 0.313 e. The van der Waals surface area contributed by atoms with Crippen molar-refractivity contribution < 1.29 is 14.3 Å². The number of hydrogen-bond acceptors (Lipinski definition) is 3. The summed E-state index contributed by atoms with van der Waals surface area (Å²) in [7, 11) is 0. The van der Waals surface area contributed by atoms with E-state index in [-0.39, 0.29) is 12.2 Å². The largest absolute Gasteiger partial charge is 0.466 e. The molecule has 18 heavy (non-hydrogen) atoms. The number of hydrogen-bond donors (Lipinski definition) is 0. The molecule has 0 saturated heterocycles. The summed E-state index contributed by atoms with van der Waals surface area (Å²) >= 11 is 0.818.